The number of hydrogen-bond acceptors (Lipinski definition) is 3. The highest BCUT2D eigenvalue weighted by Crippen LogP contribution is 2.21. The highest BCUT2D eigenvalue weighted by molar-refractivity contribution is 5.80. The highest BCUT2D eigenvalue weighted by Gasteiger charge is 2.27. The fourth-order valence-corrected chi connectivity index (χ4v) is 2.58. The fraction of sp³-hybridized carbons (Fsp3) is 0.467. The molecule has 3 N–H and O–H groups in total. The lowest BCUT2D eigenvalue weighted by Gasteiger charge is -2.16. The standard InChI is InChI=1S/C15H20N4O/c1-10-17-12-4-2-3-5-14(12)19(10)9-8-13(15(16)20)18-11-6-7-11/h2-5,11,13,18H,6-9H2,1H3,(H2,16,20). The van der Waals surface area contributed by atoms with Crippen molar-refractivity contribution < 1.29 is 4.79 Å². The summed E-state index contributed by atoms with van der Waals surface area (Å²) in [4.78, 5) is 16.0. The van der Waals surface area contributed by atoms with Crippen molar-refractivity contribution in [3.8, 4) is 0 Å². The monoisotopic (exact) mass is 272 g/mol. The van der Waals surface area contributed by atoms with Gasteiger partial charge in [0.2, 0.25) is 5.91 Å². The summed E-state index contributed by atoms with van der Waals surface area (Å²) in [5.74, 6) is 0.708. The molecule has 1 fully saturated rings. The van der Waals surface area contributed by atoms with E-state index in [1.165, 1.54) is 0 Å². The predicted molar refractivity (Wildman–Crippen MR) is 78.2 cm³/mol. The molecule has 1 unspecified atom stereocenters. The van der Waals surface area contributed by atoms with Gasteiger partial charge in [0.25, 0.3) is 0 Å². The maximum Gasteiger partial charge on any atom is 0.234 e. The summed E-state index contributed by atoms with van der Waals surface area (Å²) < 4.78 is 2.15. The van der Waals surface area contributed by atoms with Gasteiger partial charge >= 0.3 is 0 Å². The molecule has 106 valence electrons. The number of primary amides is 1. The van der Waals surface area contributed by atoms with Crippen molar-refractivity contribution >= 4 is 16.9 Å². The Kier molecular flexibility index (Phi) is 3.44. The van der Waals surface area contributed by atoms with Gasteiger partial charge in [0.15, 0.2) is 0 Å². The van der Waals surface area contributed by atoms with Crippen molar-refractivity contribution in [1.82, 2.24) is 14.9 Å². The molecule has 0 aliphatic heterocycles. The summed E-state index contributed by atoms with van der Waals surface area (Å²) in [5.41, 5.74) is 7.58. The van der Waals surface area contributed by atoms with Gasteiger partial charge in [0.05, 0.1) is 17.1 Å². The molecule has 20 heavy (non-hydrogen) atoms. The minimum absolute atomic E-state index is 0.247. The third-order valence-electron chi connectivity index (χ3n) is 3.84. The van der Waals surface area contributed by atoms with E-state index in [2.05, 4.69) is 20.9 Å². The fourth-order valence-electron chi connectivity index (χ4n) is 2.58. The zero-order valence-electron chi connectivity index (χ0n) is 11.7. The number of carbonyl (C=O) groups excluding carboxylic acids is 1. The number of aromatic nitrogens is 2. The Labute approximate surface area is 118 Å². The maximum atomic E-state index is 11.5. The smallest absolute Gasteiger partial charge is 0.234 e. The molecule has 1 aromatic heterocycles. The number of imidazole rings is 1. The molecule has 0 saturated heterocycles. The lowest BCUT2D eigenvalue weighted by molar-refractivity contribution is -0.120. The van der Waals surface area contributed by atoms with E-state index in [-0.39, 0.29) is 11.9 Å². The highest BCUT2D eigenvalue weighted by atomic mass is 16.1. The number of hydrogen-bond donors (Lipinski definition) is 2. The van der Waals surface area contributed by atoms with Crippen molar-refractivity contribution in [1.29, 1.82) is 0 Å². The van der Waals surface area contributed by atoms with Crippen LogP contribution in [0.5, 0.6) is 0 Å². The first-order valence-corrected chi connectivity index (χ1v) is 7.12. The predicted octanol–water partition coefficient (Wildman–Crippen LogP) is 1.34. The second kappa shape index (κ2) is 5.25. The summed E-state index contributed by atoms with van der Waals surface area (Å²) in [7, 11) is 0. The zero-order chi connectivity index (χ0) is 14.1. The van der Waals surface area contributed by atoms with Crippen LogP contribution in [0.4, 0.5) is 0 Å². The third kappa shape index (κ3) is 2.67. The Morgan fingerprint density at radius 1 is 1.50 bits per heavy atom. The van der Waals surface area contributed by atoms with Gasteiger partial charge in [-0.3, -0.25) is 4.79 Å². The van der Waals surface area contributed by atoms with Crippen LogP contribution in [-0.2, 0) is 11.3 Å². The number of nitrogens with two attached hydrogens (primary N) is 1. The van der Waals surface area contributed by atoms with Gasteiger partial charge in [-0.05, 0) is 38.3 Å². The molecule has 1 aromatic carbocycles. The molecule has 1 aliphatic carbocycles. The Morgan fingerprint density at radius 3 is 2.95 bits per heavy atom. The van der Waals surface area contributed by atoms with Crippen LogP contribution in [0.25, 0.3) is 11.0 Å². The summed E-state index contributed by atoms with van der Waals surface area (Å²) >= 11 is 0. The Morgan fingerprint density at radius 2 is 2.25 bits per heavy atom. The van der Waals surface area contributed by atoms with E-state index >= 15 is 0 Å². The molecule has 5 nitrogen and oxygen atoms in total. The number of fused-ring (bicyclic) bond motifs is 1. The topological polar surface area (TPSA) is 72.9 Å². The molecule has 0 bridgehead atoms. The van der Waals surface area contributed by atoms with E-state index in [4.69, 9.17) is 5.73 Å². The van der Waals surface area contributed by atoms with E-state index in [0.717, 1.165) is 36.2 Å². The number of nitrogens with one attached hydrogen (secondary N) is 1. The molecular formula is C15H20N4O. The number of carbonyl (C=O) groups is 1. The van der Waals surface area contributed by atoms with Crippen LogP contribution in [0, 0.1) is 6.92 Å². The molecular weight excluding hydrogens is 252 g/mol. The van der Waals surface area contributed by atoms with Crippen molar-refractivity contribution in [3.63, 3.8) is 0 Å². The van der Waals surface area contributed by atoms with Gasteiger partial charge in [-0.2, -0.15) is 0 Å². The van der Waals surface area contributed by atoms with Gasteiger partial charge in [-0.25, -0.2) is 4.98 Å². The van der Waals surface area contributed by atoms with Crippen LogP contribution in [0.15, 0.2) is 24.3 Å². The summed E-state index contributed by atoms with van der Waals surface area (Å²) in [6.07, 6.45) is 3.00. The van der Waals surface area contributed by atoms with Crippen LogP contribution in [0.3, 0.4) is 0 Å². The minimum atomic E-state index is -0.265. The number of amides is 1. The first kappa shape index (κ1) is 13.1. The number of benzene rings is 1. The molecule has 1 amide bonds. The second-order valence-corrected chi connectivity index (χ2v) is 5.48. The Balaban J connectivity index is 1.74. The number of para-hydroxylation sites is 2. The normalized spacial score (nSPS) is 16.4. The van der Waals surface area contributed by atoms with Crippen LogP contribution in [-0.4, -0.2) is 27.5 Å². The SMILES string of the molecule is Cc1nc2ccccc2n1CCC(NC1CC1)C(N)=O. The van der Waals surface area contributed by atoms with Crippen LogP contribution >= 0.6 is 0 Å². The van der Waals surface area contributed by atoms with E-state index in [1.54, 1.807) is 0 Å². The molecule has 1 saturated carbocycles. The Bertz CT molecular complexity index is 630. The lowest BCUT2D eigenvalue weighted by Crippen LogP contribution is -2.43. The quantitative estimate of drug-likeness (QED) is 0.833. The molecule has 0 spiro atoms. The van der Waals surface area contributed by atoms with Crippen molar-refractivity contribution in [2.24, 2.45) is 5.73 Å². The number of nitrogens with zero attached hydrogens (tertiary/aromatic N) is 2. The van der Waals surface area contributed by atoms with Crippen molar-refractivity contribution in [2.75, 3.05) is 0 Å². The van der Waals surface area contributed by atoms with E-state index in [9.17, 15) is 4.79 Å². The Hall–Kier alpha value is -1.88. The molecule has 5 heteroatoms. The zero-order valence-corrected chi connectivity index (χ0v) is 11.7. The van der Waals surface area contributed by atoms with Crippen molar-refractivity contribution in [3.05, 3.63) is 30.1 Å². The first-order chi connectivity index (χ1) is 9.65. The van der Waals surface area contributed by atoms with Crippen LogP contribution in [0.2, 0.25) is 0 Å². The summed E-state index contributed by atoms with van der Waals surface area (Å²) in [6, 6.07) is 8.29. The van der Waals surface area contributed by atoms with Crippen LogP contribution < -0.4 is 11.1 Å². The average Bonchev–Trinajstić information content (AvgIpc) is 3.17. The largest absolute Gasteiger partial charge is 0.368 e. The molecule has 2 aromatic rings. The molecule has 0 radical (unpaired) electrons. The van der Waals surface area contributed by atoms with E-state index in [0.29, 0.717) is 12.5 Å². The first-order valence-electron chi connectivity index (χ1n) is 7.12. The summed E-state index contributed by atoms with van der Waals surface area (Å²) in [5, 5.41) is 3.31. The molecule has 3 rings (SSSR count). The third-order valence-corrected chi connectivity index (χ3v) is 3.84. The van der Waals surface area contributed by atoms with E-state index < -0.39 is 0 Å². The van der Waals surface area contributed by atoms with Crippen LogP contribution in [0.1, 0.15) is 25.1 Å². The van der Waals surface area contributed by atoms with Crippen molar-refractivity contribution in [2.45, 2.75) is 44.8 Å². The van der Waals surface area contributed by atoms with Gasteiger partial charge < -0.3 is 15.6 Å². The minimum Gasteiger partial charge on any atom is -0.368 e. The molecule has 1 atom stereocenters. The summed E-state index contributed by atoms with van der Waals surface area (Å²) in [6.45, 7) is 2.74. The van der Waals surface area contributed by atoms with Gasteiger partial charge in [0, 0.05) is 12.6 Å². The van der Waals surface area contributed by atoms with Gasteiger partial charge in [0.1, 0.15) is 5.82 Å². The van der Waals surface area contributed by atoms with E-state index in [1.807, 2.05) is 25.1 Å². The van der Waals surface area contributed by atoms with Gasteiger partial charge in [-0.15, -0.1) is 0 Å². The maximum absolute atomic E-state index is 11.5. The molecule has 1 heterocycles. The number of aryl methyl sites for hydroxylation is 2. The molecule has 1 aliphatic rings. The lowest BCUT2D eigenvalue weighted by atomic mass is 10.2. The second-order valence-electron chi connectivity index (χ2n) is 5.48. The number of rotatable bonds is 6. The van der Waals surface area contributed by atoms with Gasteiger partial charge in [-0.1, -0.05) is 12.1 Å². The average molecular weight is 272 g/mol.